The van der Waals surface area contributed by atoms with Gasteiger partial charge in [-0.05, 0) is 19.1 Å². The van der Waals surface area contributed by atoms with Crippen LogP contribution in [0.2, 0.25) is 5.15 Å². The summed E-state index contributed by atoms with van der Waals surface area (Å²) in [7, 11) is 1.71. The molecule has 94 valence electrons. The molecule has 0 unspecified atom stereocenters. The van der Waals surface area contributed by atoms with E-state index in [1.54, 1.807) is 35.1 Å². The molecule has 0 spiro atoms. The Kier molecular flexibility index (Phi) is 3.34. The van der Waals surface area contributed by atoms with Gasteiger partial charge in [0, 0.05) is 20.2 Å². The molecule has 0 aromatic carbocycles. The van der Waals surface area contributed by atoms with Gasteiger partial charge in [-0.3, -0.25) is 4.79 Å². The molecular formula is C12H13ClN4O. The van der Waals surface area contributed by atoms with Gasteiger partial charge in [-0.2, -0.15) is 5.10 Å². The van der Waals surface area contributed by atoms with E-state index < -0.39 is 0 Å². The minimum absolute atomic E-state index is 0.0464. The number of rotatable bonds is 2. The van der Waals surface area contributed by atoms with Gasteiger partial charge in [0.1, 0.15) is 5.69 Å². The third kappa shape index (κ3) is 2.22. The summed E-state index contributed by atoms with van der Waals surface area (Å²) in [6.45, 7) is 3.35. The second-order valence-electron chi connectivity index (χ2n) is 3.94. The minimum atomic E-state index is -0.0464. The summed E-state index contributed by atoms with van der Waals surface area (Å²) in [6, 6.07) is 3.60. The van der Waals surface area contributed by atoms with Crippen molar-refractivity contribution in [1.29, 1.82) is 0 Å². The number of nitrogens with zero attached hydrogens (tertiary/aromatic N) is 4. The lowest BCUT2D eigenvalue weighted by Gasteiger charge is -2.12. The van der Waals surface area contributed by atoms with Crippen LogP contribution in [0.5, 0.6) is 0 Å². The molecule has 1 amide bonds. The molecule has 0 aliphatic heterocycles. The number of aryl methyl sites for hydroxylation is 1. The summed E-state index contributed by atoms with van der Waals surface area (Å²) in [6.07, 6.45) is 3.38. The van der Waals surface area contributed by atoms with Gasteiger partial charge in [-0.25, -0.2) is 9.67 Å². The topological polar surface area (TPSA) is 51.0 Å². The average Bonchev–Trinajstić information content (AvgIpc) is 2.70. The first kappa shape index (κ1) is 12.6. The summed E-state index contributed by atoms with van der Waals surface area (Å²) in [5.74, 6) is -0.0464. The van der Waals surface area contributed by atoms with Crippen LogP contribution in [-0.4, -0.2) is 27.7 Å². The van der Waals surface area contributed by atoms with E-state index in [4.69, 9.17) is 11.6 Å². The van der Waals surface area contributed by atoms with Crippen LogP contribution >= 0.6 is 11.6 Å². The van der Waals surface area contributed by atoms with E-state index in [-0.39, 0.29) is 5.91 Å². The van der Waals surface area contributed by atoms with E-state index in [0.717, 1.165) is 11.4 Å². The summed E-state index contributed by atoms with van der Waals surface area (Å²) in [5.41, 5.74) is 2.19. The third-order valence-electron chi connectivity index (χ3n) is 2.69. The Morgan fingerprint density at radius 3 is 2.83 bits per heavy atom. The van der Waals surface area contributed by atoms with Crippen molar-refractivity contribution in [3.05, 3.63) is 35.4 Å². The van der Waals surface area contributed by atoms with Gasteiger partial charge >= 0.3 is 0 Å². The van der Waals surface area contributed by atoms with Gasteiger partial charge in [0.2, 0.25) is 5.91 Å². The van der Waals surface area contributed by atoms with Crippen molar-refractivity contribution in [2.24, 2.45) is 0 Å². The molecule has 0 atom stereocenters. The van der Waals surface area contributed by atoms with Gasteiger partial charge < -0.3 is 4.90 Å². The summed E-state index contributed by atoms with van der Waals surface area (Å²) < 4.78 is 1.62. The fourth-order valence-corrected chi connectivity index (χ4v) is 1.83. The van der Waals surface area contributed by atoms with Crippen molar-refractivity contribution in [3.8, 4) is 5.69 Å². The second kappa shape index (κ2) is 4.78. The molecule has 2 heterocycles. The number of amides is 1. The standard InChI is InChI=1S/C12H13ClN4O/c1-8-11(16(3)9(2)18)7-17(15-8)10-5-4-6-14-12(10)13/h4-7H,1-3H3. The molecule has 0 fully saturated rings. The average molecular weight is 265 g/mol. The lowest BCUT2D eigenvalue weighted by molar-refractivity contribution is -0.116. The zero-order valence-corrected chi connectivity index (χ0v) is 11.1. The molecule has 0 bridgehead atoms. The predicted octanol–water partition coefficient (Wildman–Crippen LogP) is 2.21. The molecule has 0 saturated carbocycles. The van der Waals surface area contributed by atoms with Gasteiger partial charge in [-0.1, -0.05) is 11.6 Å². The van der Waals surface area contributed by atoms with Gasteiger partial charge in [0.05, 0.1) is 17.6 Å². The SMILES string of the molecule is CC(=O)N(C)c1cn(-c2cccnc2Cl)nc1C. The minimum Gasteiger partial charge on any atom is -0.313 e. The number of carbonyl (C=O) groups is 1. The molecule has 5 nitrogen and oxygen atoms in total. The molecule has 18 heavy (non-hydrogen) atoms. The highest BCUT2D eigenvalue weighted by molar-refractivity contribution is 6.31. The monoisotopic (exact) mass is 264 g/mol. The molecule has 6 heteroatoms. The highest BCUT2D eigenvalue weighted by Crippen LogP contribution is 2.22. The van der Waals surface area contributed by atoms with E-state index in [0.29, 0.717) is 10.8 Å². The molecule has 2 rings (SSSR count). The van der Waals surface area contributed by atoms with E-state index in [1.165, 1.54) is 6.92 Å². The number of pyridine rings is 1. The Morgan fingerprint density at radius 1 is 1.50 bits per heavy atom. The van der Waals surface area contributed by atoms with Crippen LogP contribution in [0.3, 0.4) is 0 Å². The predicted molar refractivity (Wildman–Crippen MR) is 70.2 cm³/mol. The van der Waals surface area contributed by atoms with Crippen LogP contribution in [0.15, 0.2) is 24.5 Å². The molecule has 0 radical (unpaired) electrons. The fourth-order valence-electron chi connectivity index (χ4n) is 1.62. The van der Waals surface area contributed by atoms with Crippen molar-refractivity contribution in [2.45, 2.75) is 13.8 Å². The Bertz CT molecular complexity index is 594. The first-order valence-electron chi connectivity index (χ1n) is 5.42. The van der Waals surface area contributed by atoms with Gasteiger partial charge in [-0.15, -0.1) is 0 Å². The number of aromatic nitrogens is 3. The van der Waals surface area contributed by atoms with Crippen molar-refractivity contribution in [3.63, 3.8) is 0 Å². The van der Waals surface area contributed by atoms with Crippen molar-refractivity contribution < 1.29 is 4.79 Å². The Hall–Kier alpha value is -1.88. The van der Waals surface area contributed by atoms with Crippen molar-refractivity contribution in [2.75, 3.05) is 11.9 Å². The number of halogens is 1. The summed E-state index contributed by atoms with van der Waals surface area (Å²) >= 11 is 6.01. The first-order chi connectivity index (χ1) is 8.50. The number of hydrogen-bond acceptors (Lipinski definition) is 3. The van der Waals surface area contributed by atoms with E-state index in [1.807, 2.05) is 13.0 Å². The molecule has 0 N–H and O–H groups in total. The van der Waals surface area contributed by atoms with E-state index in [2.05, 4.69) is 10.1 Å². The fraction of sp³-hybridized carbons (Fsp3) is 0.250. The quantitative estimate of drug-likeness (QED) is 0.782. The summed E-state index contributed by atoms with van der Waals surface area (Å²) in [4.78, 5) is 16.9. The maximum absolute atomic E-state index is 11.4. The van der Waals surface area contributed by atoms with Gasteiger partial charge in [0.15, 0.2) is 5.15 Å². The highest BCUT2D eigenvalue weighted by Gasteiger charge is 2.14. The van der Waals surface area contributed by atoms with Crippen LogP contribution < -0.4 is 4.90 Å². The van der Waals surface area contributed by atoms with E-state index in [9.17, 15) is 4.79 Å². The Balaban J connectivity index is 2.47. The van der Waals surface area contributed by atoms with Crippen LogP contribution in [-0.2, 0) is 4.79 Å². The third-order valence-corrected chi connectivity index (χ3v) is 2.98. The second-order valence-corrected chi connectivity index (χ2v) is 4.29. The lowest BCUT2D eigenvalue weighted by Crippen LogP contribution is -2.22. The zero-order chi connectivity index (χ0) is 13.3. The smallest absolute Gasteiger partial charge is 0.223 e. The number of hydrogen-bond donors (Lipinski definition) is 0. The first-order valence-corrected chi connectivity index (χ1v) is 5.80. The lowest BCUT2D eigenvalue weighted by atomic mass is 10.3. The van der Waals surface area contributed by atoms with Gasteiger partial charge in [0.25, 0.3) is 0 Å². The molecular weight excluding hydrogens is 252 g/mol. The maximum Gasteiger partial charge on any atom is 0.223 e. The number of anilines is 1. The largest absolute Gasteiger partial charge is 0.313 e. The number of carbonyl (C=O) groups excluding carboxylic acids is 1. The van der Waals surface area contributed by atoms with Crippen molar-refractivity contribution >= 4 is 23.2 Å². The molecule has 0 aliphatic carbocycles. The highest BCUT2D eigenvalue weighted by atomic mass is 35.5. The molecule has 2 aromatic rings. The Labute approximate surface area is 110 Å². The van der Waals surface area contributed by atoms with Crippen LogP contribution in [0.1, 0.15) is 12.6 Å². The molecule has 0 saturated heterocycles. The Morgan fingerprint density at radius 2 is 2.22 bits per heavy atom. The van der Waals surface area contributed by atoms with E-state index >= 15 is 0 Å². The zero-order valence-electron chi connectivity index (χ0n) is 10.4. The van der Waals surface area contributed by atoms with Crippen LogP contribution in [0.25, 0.3) is 5.69 Å². The molecule has 2 aromatic heterocycles. The summed E-state index contributed by atoms with van der Waals surface area (Å²) in [5, 5.41) is 4.72. The van der Waals surface area contributed by atoms with Crippen molar-refractivity contribution in [1.82, 2.24) is 14.8 Å². The van der Waals surface area contributed by atoms with Crippen LogP contribution in [0.4, 0.5) is 5.69 Å². The molecule has 0 aliphatic rings. The normalized spacial score (nSPS) is 10.4. The maximum atomic E-state index is 11.4. The van der Waals surface area contributed by atoms with Crippen LogP contribution in [0, 0.1) is 6.92 Å².